The van der Waals surface area contributed by atoms with Crippen molar-refractivity contribution in [3.63, 3.8) is 0 Å². The summed E-state index contributed by atoms with van der Waals surface area (Å²) < 4.78 is 42.3. The van der Waals surface area contributed by atoms with E-state index in [1.54, 1.807) is 31.2 Å². The average molecular weight is 499 g/mol. The van der Waals surface area contributed by atoms with E-state index < -0.39 is 18.0 Å². The van der Waals surface area contributed by atoms with Crippen molar-refractivity contribution >= 4 is 28.4 Å². The van der Waals surface area contributed by atoms with E-state index in [0.29, 0.717) is 22.8 Å². The highest BCUT2D eigenvalue weighted by Crippen LogP contribution is 2.36. The second-order valence-corrected chi connectivity index (χ2v) is 7.89. The topological polar surface area (TPSA) is 62.6 Å². The van der Waals surface area contributed by atoms with Crippen LogP contribution in [0.2, 0.25) is 5.02 Å². The van der Waals surface area contributed by atoms with Crippen LogP contribution in [0, 0.1) is 0 Å². The molecule has 33 heavy (non-hydrogen) atoms. The maximum atomic E-state index is 12.6. The lowest BCUT2D eigenvalue weighted by Crippen LogP contribution is -2.20. The summed E-state index contributed by atoms with van der Waals surface area (Å²) in [7, 11) is 1.46. The minimum Gasteiger partial charge on any atom is -0.489 e. The largest absolute Gasteiger partial charge is 0.489 e. The van der Waals surface area contributed by atoms with Gasteiger partial charge < -0.3 is 14.2 Å². The lowest BCUT2D eigenvalue weighted by molar-refractivity contribution is -0.117. The molecule has 2 aromatic carbocycles. The third kappa shape index (κ3) is 6.15. The van der Waals surface area contributed by atoms with Gasteiger partial charge in [-0.1, -0.05) is 30.7 Å². The molecule has 0 bridgehead atoms. The molecule has 0 aliphatic rings. The summed E-state index contributed by atoms with van der Waals surface area (Å²) in [5.41, 5.74) is 2.72. The van der Waals surface area contributed by atoms with E-state index in [-0.39, 0.29) is 17.5 Å². The molecule has 1 unspecified atom stereocenters. The average Bonchev–Trinajstić information content (AvgIpc) is 3.06. The molecule has 0 spiro atoms. The van der Waals surface area contributed by atoms with E-state index in [4.69, 9.17) is 32.7 Å². The highest BCUT2D eigenvalue weighted by Gasteiger charge is 2.20. The number of hydrogen-bond acceptors (Lipinski definition) is 5. The Balaban J connectivity index is 1.75. The quantitative estimate of drug-likeness (QED) is 0.320. The van der Waals surface area contributed by atoms with Crippen LogP contribution in [-0.4, -0.2) is 27.7 Å². The summed E-state index contributed by atoms with van der Waals surface area (Å²) in [5, 5.41) is 3.56. The molecule has 0 aliphatic heterocycles. The Labute approximate surface area is 200 Å². The normalized spacial score (nSPS) is 12.0. The lowest BCUT2D eigenvalue weighted by Gasteiger charge is -2.16. The minimum absolute atomic E-state index is 0.00719. The van der Waals surface area contributed by atoms with E-state index in [9.17, 15) is 13.6 Å². The maximum Gasteiger partial charge on any atom is 0.388 e. The molecule has 1 heterocycles. The van der Waals surface area contributed by atoms with Crippen molar-refractivity contribution in [3.05, 3.63) is 58.6 Å². The van der Waals surface area contributed by atoms with E-state index in [1.165, 1.54) is 7.05 Å². The summed E-state index contributed by atoms with van der Waals surface area (Å²) in [4.78, 5) is 11.4. The standard InChI is InChI=1S/C23H22Cl2F2N2O4/c1-4-14-5-6-16(18(11-14)32-13(2)21(25)30)12-31-17-9-7-15(8-10-17)20-19(24)22(29(3)28-20)33-23(26)27/h5-11,13,23H,4,12H2,1-3H3. The summed E-state index contributed by atoms with van der Waals surface area (Å²) in [5.74, 6) is 0.871. The van der Waals surface area contributed by atoms with Crippen LogP contribution < -0.4 is 14.2 Å². The molecule has 0 aliphatic carbocycles. The Morgan fingerprint density at radius 2 is 1.85 bits per heavy atom. The number of rotatable bonds is 10. The van der Waals surface area contributed by atoms with Gasteiger partial charge in [0.1, 0.15) is 28.8 Å². The van der Waals surface area contributed by atoms with E-state index in [2.05, 4.69) is 9.84 Å². The van der Waals surface area contributed by atoms with E-state index in [1.807, 2.05) is 25.1 Å². The van der Waals surface area contributed by atoms with Gasteiger partial charge in [-0.05, 0) is 60.8 Å². The fraction of sp³-hybridized carbons (Fsp3) is 0.304. The van der Waals surface area contributed by atoms with Gasteiger partial charge in [0.2, 0.25) is 5.88 Å². The lowest BCUT2D eigenvalue weighted by atomic mass is 10.1. The van der Waals surface area contributed by atoms with Gasteiger partial charge in [-0.25, -0.2) is 4.68 Å². The number of halogens is 4. The smallest absolute Gasteiger partial charge is 0.388 e. The Kier molecular flexibility index (Phi) is 8.15. The summed E-state index contributed by atoms with van der Waals surface area (Å²) in [6.07, 6.45) is 0.0151. The number of ether oxygens (including phenoxy) is 3. The number of hydrogen-bond donors (Lipinski definition) is 0. The molecule has 1 aromatic heterocycles. The number of benzene rings is 2. The molecule has 3 aromatic rings. The van der Waals surface area contributed by atoms with Crippen LogP contribution in [0.3, 0.4) is 0 Å². The first-order chi connectivity index (χ1) is 15.7. The first-order valence-electron chi connectivity index (χ1n) is 10.1. The van der Waals surface area contributed by atoms with Crippen molar-refractivity contribution in [2.24, 2.45) is 7.05 Å². The zero-order valence-corrected chi connectivity index (χ0v) is 19.7. The van der Waals surface area contributed by atoms with Crippen LogP contribution in [0.25, 0.3) is 11.3 Å². The van der Waals surface area contributed by atoms with Gasteiger partial charge in [0.15, 0.2) is 6.10 Å². The number of carbonyl (C=O) groups excluding carboxylic acids is 1. The Morgan fingerprint density at radius 1 is 1.15 bits per heavy atom. The minimum atomic E-state index is -3.01. The van der Waals surface area contributed by atoms with Crippen LogP contribution in [0.1, 0.15) is 25.0 Å². The Hall–Kier alpha value is -2.84. The van der Waals surface area contributed by atoms with E-state index in [0.717, 1.165) is 22.2 Å². The highest BCUT2D eigenvalue weighted by molar-refractivity contribution is 6.64. The molecule has 0 fully saturated rings. The second kappa shape index (κ2) is 10.9. The van der Waals surface area contributed by atoms with Crippen molar-refractivity contribution in [3.8, 4) is 28.6 Å². The Morgan fingerprint density at radius 3 is 2.45 bits per heavy atom. The van der Waals surface area contributed by atoms with Gasteiger partial charge in [-0.2, -0.15) is 13.9 Å². The molecule has 0 saturated heterocycles. The van der Waals surface area contributed by atoms with Gasteiger partial charge in [-0.15, -0.1) is 0 Å². The first-order valence-corrected chi connectivity index (χ1v) is 10.8. The molecule has 3 rings (SSSR count). The van der Waals surface area contributed by atoms with Crippen molar-refractivity contribution < 1.29 is 27.8 Å². The maximum absolute atomic E-state index is 12.6. The predicted molar refractivity (Wildman–Crippen MR) is 121 cm³/mol. The number of aryl methyl sites for hydroxylation is 2. The van der Waals surface area contributed by atoms with Crippen LogP contribution in [0.5, 0.6) is 17.4 Å². The van der Waals surface area contributed by atoms with Crippen molar-refractivity contribution in [1.29, 1.82) is 0 Å². The molecule has 1 atom stereocenters. The van der Waals surface area contributed by atoms with Gasteiger partial charge in [0.25, 0.3) is 5.24 Å². The van der Waals surface area contributed by atoms with Crippen molar-refractivity contribution in [2.75, 3.05) is 0 Å². The number of alkyl halides is 2. The summed E-state index contributed by atoms with van der Waals surface area (Å²) >= 11 is 11.7. The van der Waals surface area contributed by atoms with Crippen LogP contribution in [0.15, 0.2) is 42.5 Å². The van der Waals surface area contributed by atoms with Crippen molar-refractivity contribution in [2.45, 2.75) is 39.6 Å². The molecule has 176 valence electrons. The molecular weight excluding hydrogens is 477 g/mol. The van der Waals surface area contributed by atoms with Gasteiger partial charge in [0.05, 0.1) is 0 Å². The summed E-state index contributed by atoms with van der Waals surface area (Å²) in [6.45, 7) is 0.784. The SMILES string of the molecule is CCc1ccc(COc2ccc(-c3nn(C)c(OC(F)F)c3Cl)cc2)c(OC(C)C(=O)Cl)c1. The molecule has 6 nitrogen and oxygen atoms in total. The number of aromatic nitrogens is 2. The van der Waals surface area contributed by atoms with Gasteiger partial charge >= 0.3 is 6.61 Å². The molecule has 0 saturated carbocycles. The third-order valence-electron chi connectivity index (χ3n) is 4.83. The number of carbonyl (C=O) groups is 1. The van der Waals surface area contributed by atoms with Crippen molar-refractivity contribution in [1.82, 2.24) is 9.78 Å². The predicted octanol–water partition coefficient (Wildman–Crippen LogP) is 6.02. The van der Waals surface area contributed by atoms with E-state index >= 15 is 0 Å². The zero-order chi connectivity index (χ0) is 24.1. The van der Waals surface area contributed by atoms with Crippen LogP contribution in [0.4, 0.5) is 8.78 Å². The fourth-order valence-corrected chi connectivity index (χ4v) is 3.39. The molecule has 0 amide bonds. The zero-order valence-electron chi connectivity index (χ0n) is 18.1. The van der Waals surface area contributed by atoms with Gasteiger partial charge in [-0.3, -0.25) is 4.79 Å². The van der Waals surface area contributed by atoms with Crippen LogP contribution in [-0.2, 0) is 24.9 Å². The number of nitrogens with zero attached hydrogens (tertiary/aromatic N) is 2. The monoisotopic (exact) mass is 498 g/mol. The Bertz CT molecular complexity index is 1120. The third-order valence-corrected chi connectivity index (χ3v) is 5.47. The molecular formula is C23H22Cl2F2N2O4. The summed E-state index contributed by atoms with van der Waals surface area (Å²) in [6, 6.07) is 12.5. The van der Waals surface area contributed by atoms with Gasteiger partial charge in [0, 0.05) is 18.2 Å². The highest BCUT2D eigenvalue weighted by atomic mass is 35.5. The first kappa shape index (κ1) is 24.8. The molecule has 0 radical (unpaired) electrons. The van der Waals surface area contributed by atoms with Crippen LogP contribution >= 0.6 is 23.2 Å². The molecule has 0 N–H and O–H groups in total. The fourth-order valence-electron chi connectivity index (χ4n) is 3.03. The molecule has 10 heteroatoms. The second-order valence-electron chi connectivity index (χ2n) is 7.14.